The first-order chi connectivity index (χ1) is 21.1. The molecule has 10 heteroatoms. The largest absolute Gasteiger partial charge is 0.496 e. The summed E-state index contributed by atoms with van der Waals surface area (Å²) >= 11 is 2.78. The smallest absolute Gasteiger partial charge is 0.308 e. The SMILES string of the molecule is COC(=O)C(C)CC(=O)c1cc2cc(C/C=C/Cc3cc4cc(C(=O)CC(C)C(=O)OC)sc4cc3OC)c(OC)cc2s1. The molecule has 44 heavy (non-hydrogen) atoms. The maximum Gasteiger partial charge on any atom is 0.308 e. The van der Waals surface area contributed by atoms with Gasteiger partial charge in [-0.2, -0.15) is 0 Å². The van der Waals surface area contributed by atoms with E-state index in [2.05, 4.69) is 12.2 Å². The van der Waals surface area contributed by atoms with Crippen LogP contribution in [0.4, 0.5) is 0 Å². The van der Waals surface area contributed by atoms with Crippen LogP contribution < -0.4 is 9.47 Å². The molecule has 2 aromatic heterocycles. The summed E-state index contributed by atoms with van der Waals surface area (Å²) < 4.78 is 22.7. The molecule has 0 aliphatic heterocycles. The highest BCUT2D eigenvalue weighted by Gasteiger charge is 2.22. The van der Waals surface area contributed by atoms with Crippen LogP contribution in [-0.4, -0.2) is 51.9 Å². The van der Waals surface area contributed by atoms with Crippen LogP contribution in [0.3, 0.4) is 0 Å². The molecule has 2 aromatic carbocycles. The summed E-state index contributed by atoms with van der Waals surface area (Å²) in [6.45, 7) is 3.38. The molecule has 0 N–H and O–H groups in total. The molecule has 0 aliphatic rings. The lowest BCUT2D eigenvalue weighted by Gasteiger charge is -2.08. The maximum absolute atomic E-state index is 12.8. The molecule has 0 bridgehead atoms. The fourth-order valence-corrected chi connectivity index (χ4v) is 7.00. The van der Waals surface area contributed by atoms with Gasteiger partial charge in [0.25, 0.3) is 0 Å². The molecule has 2 heterocycles. The van der Waals surface area contributed by atoms with Gasteiger partial charge in [0.05, 0.1) is 50.0 Å². The molecular weight excluding hydrogens is 601 g/mol. The van der Waals surface area contributed by atoms with Crippen LogP contribution in [0.5, 0.6) is 11.5 Å². The Bertz CT molecular complexity index is 1600. The van der Waals surface area contributed by atoms with Crippen LogP contribution in [-0.2, 0) is 31.9 Å². The Morgan fingerprint density at radius 3 is 1.36 bits per heavy atom. The van der Waals surface area contributed by atoms with Crippen LogP contribution in [0.15, 0.2) is 48.6 Å². The van der Waals surface area contributed by atoms with E-state index in [1.807, 2.05) is 36.4 Å². The second-order valence-corrected chi connectivity index (χ2v) is 12.8. The van der Waals surface area contributed by atoms with E-state index in [0.717, 1.165) is 42.8 Å². The fourth-order valence-electron chi connectivity index (χ4n) is 4.95. The number of thiophene rings is 2. The summed E-state index contributed by atoms with van der Waals surface area (Å²) in [7, 11) is 5.90. The minimum absolute atomic E-state index is 0.0895. The van der Waals surface area contributed by atoms with E-state index < -0.39 is 23.8 Å². The fraction of sp³-hybridized carbons (Fsp3) is 0.353. The number of hydrogen-bond donors (Lipinski definition) is 0. The number of esters is 2. The Morgan fingerprint density at radius 2 is 1.02 bits per heavy atom. The van der Waals surface area contributed by atoms with Crippen molar-refractivity contribution < 1.29 is 38.1 Å². The average molecular weight is 637 g/mol. The van der Waals surface area contributed by atoms with Gasteiger partial charge < -0.3 is 18.9 Å². The number of carbonyl (C=O) groups is 4. The first-order valence-electron chi connectivity index (χ1n) is 14.2. The van der Waals surface area contributed by atoms with Crippen molar-refractivity contribution in [3.63, 3.8) is 0 Å². The summed E-state index contributed by atoms with van der Waals surface area (Å²) in [5, 5.41) is 1.90. The Morgan fingerprint density at radius 1 is 0.636 bits per heavy atom. The van der Waals surface area contributed by atoms with Gasteiger partial charge in [0.15, 0.2) is 11.6 Å². The summed E-state index contributed by atoms with van der Waals surface area (Å²) in [6.07, 6.45) is 5.58. The van der Waals surface area contributed by atoms with Crippen molar-refractivity contribution in [3.8, 4) is 11.5 Å². The number of fused-ring (bicyclic) bond motifs is 2. The lowest BCUT2D eigenvalue weighted by Crippen LogP contribution is -2.16. The Kier molecular flexibility index (Phi) is 10.9. The predicted octanol–water partition coefficient (Wildman–Crippen LogP) is 7.24. The predicted molar refractivity (Wildman–Crippen MR) is 174 cm³/mol. The highest BCUT2D eigenvalue weighted by Crippen LogP contribution is 2.35. The molecule has 0 amide bonds. The van der Waals surface area contributed by atoms with Gasteiger partial charge in [-0.05, 0) is 71.1 Å². The van der Waals surface area contributed by atoms with Gasteiger partial charge >= 0.3 is 11.9 Å². The molecule has 0 spiro atoms. The zero-order chi connectivity index (χ0) is 32.0. The van der Waals surface area contributed by atoms with Crippen LogP contribution in [0.1, 0.15) is 57.2 Å². The third-order valence-electron chi connectivity index (χ3n) is 7.42. The van der Waals surface area contributed by atoms with Crippen molar-refractivity contribution in [1.29, 1.82) is 0 Å². The van der Waals surface area contributed by atoms with Crippen LogP contribution in [0.25, 0.3) is 20.2 Å². The number of benzene rings is 2. The standard InChI is InChI=1S/C34H36O8S2/c1-19(33(37)41-5)11-25(35)31-15-23-13-21(27(39-3)17-29(23)43-31)9-7-8-10-22-14-24-16-32(44-30(24)18-28(22)40-4)26(36)12-20(2)34(38)42-6/h7-8,13-20H,9-12H2,1-6H3/b8-7+. The van der Waals surface area contributed by atoms with Gasteiger partial charge in [-0.15, -0.1) is 22.7 Å². The third kappa shape index (κ3) is 7.54. The third-order valence-corrected chi connectivity index (χ3v) is 9.70. The second kappa shape index (κ2) is 14.6. The number of hydrogen-bond acceptors (Lipinski definition) is 10. The topological polar surface area (TPSA) is 105 Å². The zero-order valence-electron chi connectivity index (χ0n) is 25.7. The molecule has 0 saturated heterocycles. The van der Waals surface area contributed by atoms with Gasteiger partial charge in [0, 0.05) is 22.2 Å². The van der Waals surface area contributed by atoms with Crippen LogP contribution in [0, 0.1) is 11.8 Å². The summed E-state index contributed by atoms with van der Waals surface area (Å²) in [6, 6.07) is 11.7. The molecule has 4 rings (SSSR count). The lowest BCUT2D eigenvalue weighted by molar-refractivity contribution is -0.145. The molecule has 0 aliphatic carbocycles. The van der Waals surface area contributed by atoms with Gasteiger partial charge in [0.1, 0.15) is 11.5 Å². The Balaban J connectivity index is 1.47. The number of carbonyl (C=O) groups excluding carboxylic acids is 4. The quantitative estimate of drug-likeness (QED) is 0.0811. The number of rotatable bonds is 14. The maximum atomic E-state index is 12.8. The second-order valence-electron chi connectivity index (χ2n) is 10.6. The summed E-state index contributed by atoms with van der Waals surface area (Å²) in [5.74, 6) is -0.502. The first kappa shape index (κ1) is 32.9. The van der Waals surface area contributed by atoms with Crippen LogP contribution >= 0.6 is 22.7 Å². The molecule has 0 fully saturated rings. The van der Waals surface area contributed by atoms with E-state index in [9.17, 15) is 19.2 Å². The van der Waals surface area contributed by atoms with Crippen molar-refractivity contribution >= 4 is 66.4 Å². The van der Waals surface area contributed by atoms with E-state index in [4.69, 9.17) is 18.9 Å². The lowest BCUT2D eigenvalue weighted by atomic mass is 10.0. The molecule has 0 saturated carbocycles. The highest BCUT2D eigenvalue weighted by molar-refractivity contribution is 7.21. The Hall–Kier alpha value is -4.02. The average Bonchev–Trinajstić information content (AvgIpc) is 3.64. The van der Waals surface area contributed by atoms with Crippen molar-refractivity contribution in [2.24, 2.45) is 11.8 Å². The van der Waals surface area contributed by atoms with E-state index in [1.54, 1.807) is 28.1 Å². The van der Waals surface area contributed by atoms with Crippen molar-refractivity contribution in [2.75, 3.05) is 28.4 Å². The number of Topliss-reactive ketones (excluding diaryl/α,β-unsaturated/α-hetero) is 2. The van der Waals surface area contributed by atoms with Gasteiger partial charge in [-0.25, -0.2) is 0 Å². The number of ketones is 2. The molecule has 0 radical (unpaired) electrons. The number of methoxy groups -OCH3 is 4. The van der Waals surface area contributed by atoms with E-state index >= 15 is 0 Å². The molecule has 2 unspecified atom stereocenters. The van der Waals surface area contributed by atoms with Crippen LogP contribution in [0.2, 0.25) is 0 Å². The molecule has 4 aromatic rings. The molecule has 8 nitrogen and oxygen atoms in total. The highest BCUT2D eigenvalue weighted by atomic mass is 32.1. The zero-order valence-corrected chi connectivity index (χ0v) is 27.3. The normalized spacial score (nSPS) is 12.8. The Labute approximate surface area is 264 Å². The van der Waals surface area contributed by atoms with Crippen molar-refractivity contribution in [2.45, 2.75) is 39.5 Å². The number of ether oxygens (including phenoxy) is 4. The van der Waals surface area contributed by atoms with E-state index in [0.29, 0.717) is 22.6 Å². The number of allylic oxidation sites excluding steroid dienone is 2. The van der Waals surface area contributed by atoms with E-state index in [1.165, 1.54) is 36.9 Å². The minimum atomic E-state index is -0.501. The van der Waals surface area contributed by atoms with Crippen molar-refractivity contribution in [3.05, 3.63) is 69.4 Å². The summed E-state index contributed by atoms with van der Waals surface area (Å²) in [4.78, 5) is 50.3. The molecule has 2 atom stereocenters. The monoisotopic (exact) mass is 636 g/mol. The minimum Gasteiger partial charge on any atom is -0.496 e. The molecular formula is C34H36O8S2. The van der Waals surface area contributed by atoms with Gasteiger partial charge in [-0.1, -0.05) is 26.0 Å². The molecule has 232 valence electrons. The summed E-state index contributed by atoms with van der Waals surface area (Å²) in [5.41, 5.74) is 1.97. The van der Waals surface area contributed by atoms with Gasteiger partial charge in [0.2, 0.25) is 0 Å². The van der Waals surface area contributed by atoms with Crippen molar-refractivity contribution in [1.82, 2.24) is 0 Å². The first-order valence-corrected chi connectivity index (χ1v) is 15.8. The van der Waals surface area contributed by atoms with E-state index in [-0.39, 0.29) is 24.4 Å². The van der Waals surface area contributed by atoms with Gasteiger partial charge in [-0.3, -0.25) is 19.2 Å².